The topological polar surface area (TPSA) is 65.9 Å². The van der Waals surface area contributed by atoms with Crippen molar-refractivity contribution < 1.29 is 14.6 Å². The number of methoxy groups -OCH3 is 1. The minimum Gasteiger partial charge on any atom is -0.507 e. The van der Waals surface area contributed by atoms with Crippen LogP contribution in [0.2, 0.25) is 0 Å². The lowest BCUT2D eigenvalue weighted by molar-refractivity contribution is 0.0990. The van der Waals surface area contributed by atoms with Crippen molar-refractivity contribution in [1.29, 1.82) is 0 Å². The first-order chi connectivity index (χ1) is 14.5. The quantitative estimate of drug-likeness (QED) is 0.705. The van der Waals surface area contributed by atoms with E-state index in [-0.39, 0.29) is 18.0 Å². The third-order valence-corrected chi connectivity index (χ3v) is 4.90. The maximum absolute atomic E-state index is 12.4. The Morgan fingerprint density at radius 3 is 2.40 bits per heavy atom. The van der Waals surface area contributed by atoms with Crippen LogP contribution in [0.5, 0.6) is 11.5 Å². The summed E-state index contributed by atoms with van der Waals surface area (Å²) in [6, 6.07) is 9.16. The number of phenolic OH excluding ortho intramolecular Hbond substituents is 1. The van der Waals surface area contributed by atoms with Gasteiger partial charge in [-0.1, -0.05) is 33.8 Å². The maximum Gasteiger partial charge on any atom is 0.171 e. The molecule has 1 aliphatic rings. The van der Waals surface area contributed by atoms with E-state index in [1.54, 1.807) is 18.3 Å². The molecular formula is C24H37N3O3. The number of phenols is 1. The second-order valence-corrected chi connectivity index (χ2v) is 6.86. The van der Waals surface area contributed by atoms with Gasteiger partial charge in [0.2, 0.25) is 0 Å². The predicted octanol–water partition coefficient (Wildman–Crippen LogP) is 4.41. The molecule has 6 heteroatoms. The molecule has 0 saturated carbocycles. The Morgan fingerprint density at radius 1 is 1.20 bits per heavy atom. The number of aromatic nitrogens is 1. The second-order valence-electron chi connectivity index (χ2n) is 6.86. The molecule has 1 aromatic heterocycles. The number of anilines is 1. The van der Waals surface area contributed by atoms with Gasteiger partial charge >= 0.3 is 0 Å². The van der Waals surface area contributed by atoms with Gasteiger partial charge in [0.25, 0.3) is 0 Å². The minimum absolute atomic E-state index is 0.0641. The molecule has 3 rings (SSSR count). The third-order valence-electron chi connectivity index (χ3n) is 4.90. The van der Waals surface area contributed by atoms with E-state index in [1.807, 2.05) is 39.8 Å². The van der Waals surface area contributed by atoms with E-state index in [4.69, 9.17) is 4.74 Å². The number of hydrogen-bond acceptors (Lipinski definition) is 6. The fourth-order valence-corrected chi connectivity index (χ4v) is 3.23. The molecule has 1 aromatic carbocycles. The zero-order valence-corrected chi connectivity index (χ0v) is 19.5. The zero-order chi connectivity index (χ0) is 22.7. The summed E-state index contributed by atoms with van der Waals surface area (Å²) < 4.78 is 5.04. The average Bonchev–Trinajstić information content (AvgIpc) is 3.27. The number of ketones is 1. The smallest absolute Gasteiger partial charge is 0.171 e. The molecule has 0 radical (unpaired) electrons. The van der Waals surface area contributed by atoms with Gasteiger partial charge < -0.3 is 19.6 Å². The third kappa shape index (κ3) is 6.73. The highest BCUT2D eigenvalue weighted by molar-refractivity contribution is 6.00. The van der Waals surface area contributed by atoms with Crippen molar-refractivity contribution in [2.24, 2.45) is 0 Å². The summed E-state index contributed by atoms with van der Waals surface area (Å²) in [6.07, 6.45) is 3.08. The molecule has 0 spiro atoms. The van der Waals surface area contributed by atoms with E-state index in [9.17, 15) is 9.90 Å². The summed E-state index contributed by atoms with van der Waals surface area (Å²) in [4.78, 5) is 21.5. The number of carbonyl (C=O) groups is 1. The largest absolute Gasteiger partial charge is 0.507 e. The molecule has 1 saturated heterocycles. The number of Topliss-reactive ketones (excluding diaryl/α,β-unsaturated/α-hetero) is 1. The summed E-state index contributed by atoms with van der Waals surface area (Å²) in [5, 5.41) is 10.0. The molecule has 1 unspecified atom stereocenters. The van der Waals surface area contributed by atoms with Gasteiger partial charge in [0, 0.05) is 37.8 Å². The molecule has 0 aliphatic carbocycles. The van der Waals surface area contributed by atoms with Crippen LogP contribution in [-0.2, 0) is 6.42 Å². The van der Waals surface area contributed by atoms with Crippen molar-refractivity contribution in [1.82, 2.24) is 9.88 Å². The summed E-state index contributed by atoms with van der Waals surface area (Å²) in [5.41, 5.74) is 1.13. The van der Waals surface area contributed by atoms with Crippen LogP contribution in [0.4, 0.5) is 5.82 Å². The number of aromatic hydroxyl groups is 1. The number of likely N-dealkylation sites (N-methyl/N-ethyl adjacent to an activating group) is 1. The first-order valence-corrected chi connectivity index (χ1v) is 10.7. The summed E-state index contributed by atoms with van der Waals surface area (Å²) in [5.74, 6) is 1.25. The van der Waals surface area contributed by atoms with Crippen LogP contribution >= 0.6 is 0 Å². The van der Waals surface area contributed by atoms with Crippen molar-refractivity contribution >= 4 is 11.6 Å². The Bertz CT molecular complexity index is 776. The summed E-state index contributed by atoms with van der Waals surface area (Å²) in [7, 11) is 5.72. The first-order valence-electron chi connectivity index (χ1n) is 10.7. The fraction of sp³-hybridized carbons (Fsp3) is 0.500. The average molecular weight is 416 g/mol. The van der Waals surface area contributed by atoms with Gasteiger partial charge in [0.15, 0.2) is 5.78 Å². The van der Waals surface area contributed by atoms with Crippen molar-refractivity contribution in [3.05, 3.63) is 47.7 Å². The number of carbonyl (C=O) groups excluding carboxylic acids is 1. The van der Waals surface area contributed by atoms with Crippen LogP contribution in [0, 0.1) is 0 Å². The minimum atomic E-state index is -0.145. The van der Waals surface area contributed by atoms with E-state index < -0.39 is 0 Å². The molecule has 30 heavy (non-hydrogen) atoms. The van der Waals surface area contributed by atoms with Crippen LogP contribution in [0.3, 0.4) is 0 Å². The lowest BCUT2D eigenvalue weighted by Crippen LogP contribution is -2.31. The Morgan fingerprint density at radius 2 is 1.90 bits per heavy atom. The number of ether oxygens (including phenoxy) is 1. The van der Waals surface area contributed by atoms with Crippen LogP contribution in [0.25, 0.3) is 0 Å². The van der Waals surface area contributed by atoms with Crippen LogP contribution in [-0.4, -0.2) is 61.1 Å². The highest BCUT2D eigenvalue weighted by Crippen LogP contribution is 2.25. The van der Waals surface area contributed by atoms with Gasteiger partial charge in [-0.15, -0.1) is 0 Å². The fourth-order valence-electron chi connectivity index (χ4n) is 3.23. The van der Waals surface area contributed by atoms with E-state index in [1.165, 1.54) is 13.2 Å². The lowest BCUT2D eigenvalue weighted by Gasteiger charge is -2.21. The van der Waals surface area contributed by atoms with Gasteiger partial charge in [0.05, 0.1) is 12.7 Å². The predicted molar refractivity (Wildman–Crippen MR) is 124 cm³/mol. The number of hydrogen-bond donors (Lipinski definition) is 1. The molecule has 1 atom stereocenters. The molecular weight excluding hydrogens is 378 g/mol. The van der Waals surface area contributed by atoms with Crippen molar-refractivity contribution in [3.63, 3.8) is 0 Å². The molecule has 1 aliphatic heterocycles. The van der Waals surface area contributed by atoms with Crippen LogP contribution < -0.4 is 9.64 Å². The van der Waals surface area contributed by atoms with E-state index in [0.717, 1.165) is 30.9 Å². The maximum atomic E-state index is 12.4. The molecule has 2 heterocycles. The molecule has 2 aromatic rings. The van der Waals surface area contributed by atoms with Crippen LogP contribution in [0.1, 0.15) is 50.0 Å². The number of rotatable bonds is 6. The Labute approximate surface area is 181 Å². The Kier molecular flexibility index (Phi) is 10.9. The highest BCUT2D eigenvalue weighted by Gasteiger charge is 2.24. The van der Waals surface area contributed by atoms with Gasteiger partial charge in [-0.3, -0.25) is 4.79 Å². The second kappa shape index (κ2) is 12.9. The normalized spacial score (nSPS) is 15.1. The number of nitrogens with zero attached hydrogens (tertiary/aromatic N) is 3. The summed E-state index contributed by atoms with van der Waals surface area (Å²) >= 11 is 0. The molecule has 166 valence electrons. The number of benzene rings is 1. The Hall–Kier alpha value is -2.60. The van der Waals surface area contributed by atoms with Crippen molar-refractivity contribution in [2.45, 2.75) is 46.6 Å². The zero-order valence-electron chi connectivity index (χ0n) is 19.5. The van der Waals surface area contributed by atoms with E-state index in [2.05, 4.69) is 28.9 Å². The van der Waals surface area contributed by atoms with Gasteiger partial charge in [-0.25, -0.2) is 4.98 Å². The summed E-state index contributed by atoms with van der Waals surface area (Å²) in [6.45, 7) is 9.96. The number of pyridine rings is 1. The lowest BCUT2D eigenvalue weighted by atomic mass is 10.0. The first kappa shape index (κ1) is 25.4. The van der Waals surface area contributed by atoms with Crippen LogP contribution in [0.15, 0.2) is 36.5 Å². The monoisotopic (exact) mass is 415 g/mol. The molecule has 0 amide bonds. The Balaban J connectivity index is 0.00000106. The van der Waals surface area contributed by atoms with Gasteiger partial charge in [-0.2, -0.15) is 0 Å². The standard InChI is InChI=1S/C20H25N3O3.2C2H6/c1-22(2)15-8-9-23(13-15)20-7-4-14(12-21-20)10-18(24)17-6-5-16(26-3)11-19(17)25;2*1-2/h4-7,11-12,15,25H,8-10,13H2,1-3H3;2*1-2H3. The van der Waals surface area contributed by atoms with Crippen molar-refractivity contribution in [3.8, 4) is 11.5 Å². The van der Waals surface area contributed by atoms with E-state index >= 15 is 0 Å². The van der Waals surface area contributed by atoms with Crippen molar-refractivity contribution in [2.75, 3.05) is 39.2 Å². The molecule has 0 bridgehead atoms. The molecule has 6 nitrogen and oxygen atoms in total. The van der Waals surface area contributed by atoms with Gasteiger partial charge in [-0.05, 0) is 44.3 Å². The van der Waals surface area contributed by atoms with Gasteiger partial charge in [0.1, 0.15) is 17.3 Å². The SMILES string of the molecule is CC.CC.COc1ccc(C(=O)Cc2ccc(N3CCC(N(C)C)C3)nc2)c(O)c1. The molecule has 1 fully saturated rings. The highest BCUT2D eigenvalue weighted by atomic mass is 16.5. The van der Waals surface area contributed by atoms with E-state index in [0.29, 0.717) is 17.4 Å². The molecule has 1 N–H and O–H groups in total.